The molecule has 0 aromatic carbocycles. The van der Waals surface area contributed by atoms with Gasteiger partial charge in [0.05, 0.1) is 6.61 Å². The monoisotopic (exact) mass is 227 g/mol. The average molecular weight is 227 g/mol. The van der Waals surface area contributed by atoms with Gasteiger partial charge in [0.1, 0.15) is 0 Å². The van der Waals surface area contributed by atoms with E-state index in [1.807, 2.05) is 0 Å². The molecule has 1 N–H and O–H groups in total. The Morgan fingerprint density at radius 2 is 2.00 bits per heavy atom. The molecule has 0 spiro atoms. The van der Waals surface area contributed by atoms with Crippen LogP contribution in [0.3, 0.4) is 0 Å². The Morgan fingerprint density at radius 3 is 2.69 bits per heavy atom. The van der Waals surface area contributed by atoms with Crippen LogP contribution in [0.25, 0.3) is 0 Å². The van der Waals surface area contributed by atoms with Crippen LogP contribution >= 0.6 is 0 Å². The Morgan fingerprint density at radius 1 is 1.19 bits per heavy atom. The van der Waals surface area contributed by atoms with Gasteiger partial charge in [0.25, 0.3) is 0 Å². The van der Waals surface area contributed by atoms with E-state index in [0.717, 1.165) is 37.6 Å². The molecule has 3 atom stereocenters. The summed E-state index contributed by atoms with van der Waals surface area (Å²) in [4.78, 5) is 0. The maximum absolute atomic E-state index is 5.56. The smallest absolute Gasteiger partial charge is 0.0591 e. The van der Waals surface area contributed by atoms with Gasteiger partial charge in [0.15, 0.2) is 0 Å². The minimum absolute atomic E-state index is 0.728. The summed E-state index contributed by atoms with van der Waals surface area (Å²) < 4.78 is 5.56. The molecule has 0 amide bonds. The molecule has 0 saturated heterocycles. The number of nitrogens with one attached hydrogen (secondary N) is 1. The SMILES string of the molecule is CCCCOCCNC1CCC(C)CC1C. The second-order valence-corrected chi connectivity index (χ2v) is 5.42. The quantitative estimate of drug-likeness (QED) is 0.674. The molecule has 0 aliphatic heterocycles. The zero-order valence-electron chi connectivity index (χ0n) is 11.3. The first-order valence-corrected chi connectivity index (χ1v) is 7.05. The lowest BCUT2D eigenvalue weighted by Gasteiger charge is -2.33. The number of ether oxygens (including phenoxy) is 1. The highest BCUT2D eigenvalue weighted by Crippen LogP contribution is 2.28. The van der Waals surface area contributed by atoms with Gasteiger partial charge in [-0.1, -0.05) is 27.2 Å². The van der Waals surface area contributed by atoms with Crippen LogP contribution < -0.4 is 5.32 Å². The highest BCUT2D eigenvalue weighted by Gasteiger charge is 2.24. The second-order valence-electron chi connectivity index (χ2n) is 5.42. The van der Waals surface area contributed by atoms with E-state index in [1.54, 1.807) is 0 Å². The minimum atomic E-state index is 0.728. The lowest BCUT2D eigenvalue weighted by atomic mass is 9.80. The predicted octanol–water partition coefficient (Wildman–Crippen LogP) is 3.22. The van der Waals surface area contributed by atoms with Crippen LogP contribution in [0.4, 0.5) is 0 Å². The molecule has 0 aromatic heterocycles. The Balaban J connectivity index is 2.00. The summed E-state index contributed by atoms with van der Waals surface area (Å²) in [5.74, 6) is 1.76. The van der Waals surface area contributed by atoms with Crippen molar-refractivity contribution in [2.45, 2.75) is 58.9 Å². The maximum Gasteiger partial charge on any atom is 0.0591 e. The lowest BCUT2D eigenvalue weighted by molar-refractivity contribution is 0.124. The standard InChI is InChI=1S/C14H29NO/c1-4-5-9-16-10-8-15-14-7-6-12(2)11-13(14)3/h12-15H,4-11H2,1-3H3. The molecule has 2 nitrogen and oxygen atoms in total. The van der Waals surface area contributed by atoms with Crippen molar-refractivity contribution in [3.63, 3.8) is 0 Å². The van der Waals surface area contributed by atoms with Crippen LogP contribution in [0.5, 0.6) is 0 Å². The van der Waals surface area contributed by atoms with Gasteiger partial charge >= 0.3 is 0 Å². The number of hydrogen-bond donors (Lipinski definition) is 1. The number of hydrogen-bond acceptors (Lipinski definition) is 2. The van der Waals surface area contributed by atoms with Gasteiger partial charge in [-0.25, -0.2) is 0 Å². The largest absolute Gasteiger partial charge is 0.380 e. The third-order valence-electron chi connectivity index (χ3n) is 3.73. The van der Waals surface area contributed by atoms with Crippen molar-refractivity contribution < 1.29 is 4.74 Å². The first-order chi connectivity index (χ1) is 7.74. The fourth-order valence-corrected chi connectivity index (χ4v) is 2.63. The van der Waals surface area contributed by atoms with Gasteiger partial charge in [-0.15, -0.1) is 0 Å². The van der Waals surface area contributed by atoms with E-state index < -0.39 is 0 Å². The normalized spacial score (nSPS) is 30.6. The van der Waals surface area contributed by atoms with E-state index in [-0.39, 0.29) is 0 Å². The third kappa shape index (κ3) is 5.31. The molecule has 1 aliphatic carbocycles. The van der Waals surface area contributed by atoms with Crippen LogP contribution in [0.2, 0.25) is 0 Å². The fourth-order valence-electron chi connectivity index (χ4n) is 2.63. The van der Waals surface area contributed by atoms with Crippen LogP contribution in [0, 0.1) is 11.8 Å². The molecule has 0 radical (unpaired) electrons. The fraction of sp³-hybridized carbons (Fsp3) is 1.00. The molecule has 1 rings (SSSR count). The number of rotatable bonds is 7. The molecule has 0 aromatic rings. The van der Waals surface area contributed by atoms with Crippen LogP contribution in [0.15, 0.2) is 0 Å². The summed E-state index contributed by atoms with van der Waals surface area (Å²) in [5.41, 5.74) is 0. The molecule has 0 heterocycles. The Bertz CT molecular complexity index is 172. The van der Waals surface area contributed by atoms with Crippen molar-refractivity contribution in [1.82, 2.24) is 5.32 Å². The van der Waals surface area contributed by atoms with E-state index in [4.69, 9.17) is 4.74 Å². The van der Waals surface area contributed by atoms with E-state index in [1.165, 1.54) is 32.1 Å². The number of unbranched alkanes of at least 4 members (excludes halogenated alkanes) is 1. The van der Waals surface area contributed by atoms with Gasteiger partial charge in [0, 0.05) is 19.2 Å². The molecule has 2 heteroatoms. The minimum Gasteiger partial charge on any atom is -0.380 e. The first kappa shape index (κ1) is 14.0. The first-order valence-electron chi connectivity index (χ1n) is 7.05. The van der Waals surface area contributed by atoms with Crippen molar-refractivity contribution in [3.8, 4) is 0 Å². The van der Waals surface area contributed by atoms with Crippen molar-refractivity contribution in [2.75, 3.05) is 19.8 Å². The Kier molecular flexibility index (Phi) is 7.06. The maximum atomic E-state index is 5.56. The van der Waals surface area contributed by atoms with Crippen LogP contribution in [-0.4, -0.2) is 25.8 Å². The van der Waals surface area contributed by atoms with Crippen molar-refractivity contribution >= 4 is 0 Å². The van der Waals surface area contributed by atoms with E-state index in [2.05, 4.69) is 26.1 Å². The van der Waals surface area contributed by atoms with E-state index in [0.29, 0.717) is 0 Å². The highest BCUT2D eigenvalue weighted by molar-refractivity contribution is 4.80. The van der Waals surface area contributed by atoms with E-state index in [9.17, 15) is 0 Å². The molecule has 3 unspecified atom stereocenters. The van der Waals surface area contributed by atoms with Crippen molar-refractivity contribution in [1.29, 1.82) is 0 Å². The highest BCUT2D eigenvalue weighted by atomic mass is 16.5. The zero-order valence-corrected chi connectivity index (χ0v) is 11.3. The van der Waals surface area contributed by atoms with Gasteiger partial charge < -0.3 is 10.1 Å². The van der Waals surface area contributed by atoms with Crippen LogP contribution in [0.1, 0.15) is 52.9 Å². The molecule has 96 valence electrons. The molecule has 16 heavy (non-hydrogen) atoms. The van der Waals surface area contributed by atoms with Gasteiger partial charge in [-0.2, -0.15) is 0 Å². The van der Waals surface area contributed by atoms with Crippen molar-refractivity contribution in [2.24, 2.45) is 11.8 Å². The predicted molar refractivity (Wildman–Crippen MR) is 69.7 cm³/mol. The third-order valence-corrected chi connectivity index (χ3v) is 3.73. The average Bonchev–Trinajstić information content (AvgIpc) is 2.26. The lowest BCUT2D eigenvalue weighted by Crippen LogP contribution is -2.40. The summed E-state index contributed by atoms with van der Waals surface area (Å²) in [7, 11) is 0. The Hall–Kier alpha value is -0.0800. The summed E-state index contributed by atoms with van der Waals surface area (Å²) >= 11 is 0. The molecule has 1 fully saturated rings. The summed E-state index contributed by atoms with van der Waals surface area (Å²) in [6.07, 6.45) is 6.53. The van der Waals surface area contributed by atoms with Crippen LogP contribution in [-0.2, 0) is 4.74 Å². The summed E-state index contributed by atoms with van der Waals surface area (Å²) in [5, 5.41) is 3.64. The molecular formula is C14H29NO. The Labute approximate surface area is 101 Å². The van der Waals surface area contributed by atoms with Crippen molar-refractivity contribution in [3.05, 3.63) is 0 Å². The molecule has 1 aliphatic rings. The second kappa shape index (κ2) is 8.08. The molecular weight excluding hydrogens is 198 g/mol. The van der Waals surface area contributed by atoms with Gasteiger partial charge in [-0.3, -0.25) is 0 Å². The molecule has 1 saturated carbocycles. The topological polar surface area (TPSA) is 21.3 Å². The summed E-state index contributed by atoms with van der Waals surface area (Å²) in [6.45, 7) is 9.78. The van der Waals surface area contributed by atoms with Gasteiger partial charge in [0.2, 0.25) is 0 Å². The molecule has 0 bridgehead atoms. The van der Waals surface area contributed by atoms with E-state index >= 15 is 0 Å². The van der Waals surface area contributed by atoms with Gasteiger partial charge in [-0.05, 0) is 37.5 Å². The summed E-state index contributed by atoms with van der Waals surface area (Å²) in [6, 6.07) is 0.728. The zero-order chi connectivity index (χ0) is 11.8.